The molecule has 222 valence electrons. The Hall–Kier alpha value is -4.14. The number of aliphatic carboxylic acids is 1. The lowest BCUT2D eigenvalue weighted by molar-refractivity contribution is -0.144. The van der Waals surface area contributed by atoms with E-state index in [1.807, 2.05) is 35.2 Å². The van der Waals surface area contributed by atoms with Crippen LogP contribution in [0.3, 0.4) is 0 Å². The smallest absolute Gasteiger partial charge is 0.416 e. The molecule has 2 aromatic rings. The van der Waals surface area contributed by atoms with E-state index in [1.54, 1.807) is 0 Å². The molecular formula is C26H25F6N3O6. The van der Waals surface area contributed by atoms with Crippen LogP contribution >= 0.6 is 0 Å². The van der Waals surface area contributed by atoms with Gasteiger partial charge in [-0.05, 0) is 23.8 Å². The van der Waals surface area contributed by atoms with Gasteiger partial charge in [0.25, 0.3) is 0 Å². The lowest BCUT2D eigenvalue weighted by Crippen LogP contribution is -2.54. The van der Waals surface area contributed by atoms with E-state index in [2.05, 4.69) is 5.32 Å². The molecule has 1 aliphatic heterocycles. The lowest BCUT2D eigenvalue weighted by atomic mass is 10.1. The Labute approximate surface area is 229 Å². The second-order valence-electron chi connectivity index (χ2n) is 9.23. The molecule has 2 aromatic carbocycles. The van der Waals surface area contributed by atoms with Crippen LogP contribution in [0, 0.1) is 0 Å². The molecule has 1 aliphatic rings. The SMILES string of the molecule is O=C(O)C[C@H](NC(=O)CN1CCN(Cc2ccccc2)CC1=O)C(=O)COc1cc(C(F)(F)F)cc(C(F)(F)F)c1. The molecule has 3 rings (SSSR count). The molecule has 0 radical (unpaired) electrons. The predicted molar refractivity (Wildman–Crippen MR) is 129 cm³/mol. The summed E-state index contributed by atoms with van der Waals surface area (Å²) in [5.41, 5.74) is -2.35. The number of Topliss-reactive ketones (excluding diaryl/α,β-unsaturated/α-hetero) is 1. The first-order valence-corrected chi connectivity index (χ1v) is 12.1. The van der Waals surface area contributed by atoms with Gasteiger partial charge in [-0.1, -0.05) is 30.3 Å². The fourth-order valence-corrected chi connectivity index (χ4v) is 4.00. The number of benzene rings is 2. The van der Waals surface area contributed by atoms with Crippen LogP contribution in [-0.2, 0) is 38.1 Å². The van der Waals surface area contributed by atoms with Crippen molar-refractivity contribution in [1.29, 1.82) is 0 Å². The molecule has 2 amide bonds. The largest absolute Gasteiger partial charge is 0.486 e. The number of rotatable bonds is 11. The van der Waals surface area contributed by atoms with Gasteiger partial charge in [0.2, 0.25) is 11.8 Å². The van der Waals surface area contributed by atoms with E-state index in [1.165, 1.54) is 4.90 Å². The third kappa shape index (κ3) is 9.48. The van der Waals surface area contributed by atoms with Crippen molar-refractivity contribution in [3.05, 3.63) is 65.2 Å². The van der Waals surface area contributed by atoms with Crippen molar-refractivity contribution in [1.82, 2.24) is 15.1 Å². The molecule has 1 heterocycles. The molecule has 1 fully saturated rings. The molecular weight excluding hydrogens is 564 g/mol. The maximum Gasteiger partial charge on any atom is 0.416 e. The van der Waals surface area contributed by atoms with E-state index in [9.17, 15) is 45.5 Å². The van der Waals surface area contributed by atoms with Crippen molar-refractivity contribution >= 4 is 23.6 Å². The summed E-state index contributed by atoms with van der Waals surface area (Å²) in [6, 6.07) is 8.05. The fraction of sp³-hybridized carbons (Fsp3) is 0.385. The van der Waals surface area contributed by atoms with Crippen molar-refractivity contribution in [3.8, 4) is 5.75 Å². The summed E-state index contributed by atoms with van der Waals surface area (Å²) in [7, 11) is 0. The Kier molecular flexibility index (Phi) is 9.97. The van der Waals surface area contributed by atoms with Crippen molar-refractivity contribution in [3.63, 3.8) is 0 Å². The number of alkyl halides is 6. The molecule has 9 nitrogen and oxygen atoms in total. The fourth-order valence-electron chi connectivity index (χ4n) is 4.00. The van der Waals surface area contributed by atoms with Gasteiger partial charge < -0.3 is 20.1 Å². The molecule has 1 atom stereocenters. The number of halogens is 6. The van der Waals surface area contributed by atoms with Crippen LogP contribution in [0.1, 0.15) is 23.1 Å². The summed E-state index contributed by atoms with van der Waals surface area (Å²) < 4.78 is 83.2. The maximum atomic E-state index is 13.1. The lowest BCUT2D eigenvalue weighted by Gasteiger charge is -2.34. The Morgan fingerprint density at radius 2 is 1.56 bits per heavy atom. The van der Waals surface area contributed by atoms with Crippen LogP contribution in [0.2, 0.25) is 0 Å². The quantitative estimate of drug-likeness (QED) is 0.388. The molecule has 0 saturated carbocycles. The van der Waals surface area contributed by atoms with Crippen molar-refractivity contribution < 1.29 is 55.4 Å². The first kappa shape index (κ1) is 31.4. The van der Waals surface area contributed by atoms with E-state index in [0.717, 1.165) is 5.56 Å². The van der Waals surface area contributed by atoms with E-state index < -0.39 is 72.5 Å². The number of nitrogens with zero attached hydrogens (tertiary/aromatic N) is 2. The number of hydrogen-bond acceptors (Lipinski definition) is 6. The molecule has 0 spiro atoms. The van der Waals surface area contributed by atoms with E-state index in [0.29, 0.717) is 13.1 Å². The van der Waals surface area contributed by atoms with Crippen LogP contribution in [0.25, 0.3) is 0 Å². The minimum atomic E-state index is -5.15. The molecule has 15 heteroatoms. The van der Waals surface area contributed by atoms with E-state index >= 15 is 0 Å². The summed E-state index contributed by atoms with van der Waals surface area (Å²) in [6.07, 6.45) is -11.2. The second-order valence-corrected chi connectivity index (χ2v) is 9.23. The van der Waals surface area contributed by atoms with Crippen LogP contribution in [0.5, 0.6) is 5.75 Å². The Morgan fingerprint density at radius 3 is 2.10 bits per heavy atom. The first-order valence-electron chi connectivity index (χ1n) is 12.1. The van der Waals surface area contributed by atoms with Crippen LogP contribution < -0.4 is 10.1 Å². The Morgan fingerprint density at radius 1 is 0.951 bits per heavy atom. The highest BCUT2D eigenvalue weighted by Gasteiger charge is 2.37. The highest BCUT2D eigenvalue weighted by atomic mass is 19.4. The summed E-state index contributed by atoms with van der Waals surface area (Å²) in [4.78, 5) is 52.0. The summed E-state index contributed by atoms with van der Waals surface area (Å²) in [5, 5.41) is 11.3. The van der Waals surface area contributed by atoms with Crippen LogP contribution in [0.15, 0.2) is 48.5 Å². The number of ketones is 1. The zero-order chi connectivity index (χ0) is 30.4. The number of ether oxygens (including phenoxy) is 1. The number of nitrogens with one attached hydrogen (secondary N) is 1. The van der Waals surface area contributed by atoms with E-state index in [-0.39, 0.29) is 37.2 Å². The van der Waals surface area contributed by atoms with Crippen LogP contribution in [0.4, 0.5) is 26.3 Å². The second kappa shape index (κ2) is 13.0. The standard InChI is InChI=1S/C26H25F6N3O6/c27-25(28,29)17-8-18(26(30,31)32)10-19(9-17)41-15-21(36)20(11-24(39)40)33-22(37)13-35-7-6-34(14-23(35)38)12-16-4-2-1-3-5-16/h1-5,8-10,20H,6-7,11-15H2,(H,33,37)(H,39,40)/t20-/m0/s1. The molecule has 1 saturated heterocycles. The summed E-state index contributed by atoms with van der Waals surface area (Å²) >= 11 is 0. The van der Waals surface area contributed by atoms with Crippen molar-refractivity contribution in [2.24, 2.45) is 0 Å². The molecule has 41 heavy (non-hydrogen) atoms. The topological polar surface area (TPSA) is 116 Å². The third-order valence-electron chi connectivity index (χ3n) is 6.03. The molecule has 0 aromatic heterocycles. The Bertz CT molecular complexity index is 1240. The minimum absolute atomic E-state index is 0.0183. The Balaban J connectivity index is 1.60. The number of carboxylic acids is 1. The van der Waals surface area contributed by atoms with Gasteiger partial charge in [0.15, 0.2) is 5.78 Å². The summed E-state index contributed by atoms with van der Waals surface area (Å²) in [5.74, 6) is -4.83. The van der Waals surface area contributed by atoms with Gasteiger partial charge in [0, 0.05) is 19.6 Å². The average molecular weight is 589 g/mol. The van der Waals surface area contributed by atoms with Gasteiger partial charge in [-0.3, -0.25) is 24.1 Å². The van der Waals surface area contributed by atoms with E-state index in [4.69, 9.17) is 9.84 Å². The average Bonchev–Trinajstić information content (AvgIpc) is 2.87. The molecule has 0 unspecified atom stereocenters. The maximum absolute atomic E-state index is 13.1. The van der Waals surface area contributed by atoms with Gasteiger partial charge in [-0.15, -0.1) is 0 Å². The number of carbonyl (C=O) groups is 4. The molecule has 0 aliphatic carbocycles. The van der Waals surface area contributed by atoms with Crippen molar-refractivity contribution in [2.75, 3.05) is 32.8 Å². The number of carboxylic acid groups (broad SMARTS) is 1. The number of carbonyl (C=O) groups excluding carboxylic acids is 3. The predicted octanol–water partition coefficient (Wildman–Crippen LogP) is 2.98. The monoisotopic (exact) mass is 589 g/mol. The first-order chi connectivity index (χ1) is 19.1. The van der Waals surface area contributed by atoms with Gasteiger partial charge >= 0.3 is 18.3 Å². The number of hydrogen-bond donors (Lipinski definition) is 2. The van der Waals surface area contributed by atoms with Gasteiger partial charge in [-0.25, -0.2) is 0 Å². The molecule has 2 N–H and O–H groups in total. The summed E-state index contributed by atoms with van der Waals surface area (Å²) in [6.45, 7) is -0.478. The zero-order valence-electron chi connectivity index (χ0n) is 21.3. The normalized spacial score (nSPS) is 15.4. The number of amides is 2. The van der Waals surface area contributed by atoms with Gasteiger partial charge in [0.05, 0.1) is 30.6 Å². The third-order valence-corrected chi connectivity index (χ3v) is 6.03. The van der Waals surface area contributed by atoms with Crippen molar-refractivity contribution in [2.45, 2.75) is 31.4 Å². The minimum Gasteiger partial charge on any atom is -0.486 e. The van der Waals surface area contributed by atoms with Gasteiger partial charge in [-0.2, -0.15) is 26.3 Å². The molecule has 0 bridgehead atoms. The highest BCUT2D eigenvalue weighted by Crippen LogP contribution is 2.38. The van der Waals surface area contributed by atoms with Crippen LogP contribution in [-0.4, -0.2) is 77.3 Å². The zero-order valence-corrected chi connectivity index (χ0v) is 21.3. The number of piperazine rings is 1. The highest BCUT2D eigenvalue weighted by molar-refractivity contribution is 5.94. The van der Waals surface area contributed by atoms with Gasteiger partial charge in [0.1, 0.15) is 18.4 Å².